The van der Waals surface area contributed by atoms with E-state index in [1.54, 1.807) is 6.92 Å². The lowest BCUT2D eigenvalue weighted by atomic mass is 10.2. The number of rotatable bonds is 3. The minimum Gasteiger partial charge on any atom is -0.465 e. The highest BCUT2D eigenvalue weighted by Gasteiger charge is 2.25. The molecule has 1 unspecified atom stereocenters. The van der Waals surface area contributed by atoms with Gasteiger partial charge in [0.05, 0.1) is 11.8 Å². The first-order valence-corrected chi connectivity index (χ1v) is 5.59. The Hall–Kier alpha value is -2.53. The van der Waals surface area contributed by atoms with E-state index in [1.165, 1.54) is 12.4 Å². The van der Waals surface area contributed by atoms with Gasteiger partial charge in [-0.1, -0.05) is 0 Å². The summed E-state index contributed by atoms with van der Waals surface area (Å²) in [6, 6.07) is 1.51. The molecule has 19 heavy (non-hydrogen) atoms. The molecule has 1 aromatic rings. The predicted molar refractivity (Wildman–Crippen MR) is 64.4 cm³/mol. The highest BCUT2D eigenvalue weighted by Crippen LogP contribution is 2.14. The van der Waals surface area contributed by atoms with Crippen molar-refractivity contribution in [1.29, 1.82) is 5.26 Å². The van der Waals surface area contributed by atoms with Crippen LogP contribution >= 0.6 is 0 Å². The molecule has 0 aromatic carbocycles. The molecule has 0 saturated carbocycles. The second-order valence-electron chi connectivity index (χ2n) is 3.88. The third-order valence-electron chi connectivity index (χ3n) is 2.41. The van der Waals surface area contributed by atoms with Crippen LogP contribution in [0.4, 0.5) is 0 Å². The molecule has 0 bridgehead atoms. The molecule has 98 valence electrons. The maximum Gasteiger partial charge on any atom is 0.281 e. The van der Waals surface area contributed by atoms with Crippen LogP contribution in [0.25, 0.3) is 0 Å². The molecule has 1 aliphatic heterocycles. The van der Waals surface area contributed by atoms with Gasteiger partial charge in [-0.3, -0.25) is 9.78 Å². The molecule has 2 rings (SSSR count). The van der Waals surface area contributed by atoms with E-state index >= 15 is 0 Å². The summed E-state index contributed by atoms with van der Waals surface area (Å²) in [7, 11) is 0. The van der Waals surface area contributed by atoms with Crippen LogP contribution < -0.4 is 5.73 Å². The Morgan fingerprint density at radius 1 is 1.58 bits per heavy atom. The maximum atomic E-state index is 11.5. The van der Waals surface area contributed by atoms with Crippen molar-refractivity contribution >= 4 is 11.8 Å². The standard InChI is InChI=1S/C11H12N6O2/c1-7(13)9-10(15-4-3-14-9)11-16-17(5-2-12)8(18)6-19-11/h3-4,7H,5-6,13H2,1H3. The molecular weight excluding hydrogens is 248 g/mol. The van der Waals surface area contributed by atoms with Crippen LogP contribution in [-0.4, -0.2) is 39.9 Å². The molecule has 1 atom stereocenters. The molecular formula is C11H12N6O2. The largest absolute Gasteiger partial charge is 0.465 e. The second-order valence-corrected chi connectivity index (χ2v) is 3.88. The van der Waals surface area contributed by atoms with Gasteiger partial charge in [0.1, 0.15) is 12.2 Å². The van der Waals surface area contributed by atoms with Crippen molar-refractivity contribution in [2.75, 3.05) is 13.2 Å². The van der Waals surface area contributed by atoms with Gasteiger partial charge < -0.3 is 10.5 Å². The van der Waals surface area contributed by atoms with Crippen molar-refractivity contribution < 1.29 is 9.53 Å². The number of nitriles is 1. The lowest BCUT2D eigenvalue weighted by molar-refractivity contribution is -0.134. The van der Waals surface area contributed by atoms with Gasteiger partial charge in [-0.2, -0.15) is 5.26 Å². The molecule has 0 aliphatic carbocycles. The Labute approximate surface area is 109 Å². The van der Waals surface area contributed by atoms with Gasteiger partial charge in [-0.25, -0.2) is 9.99 Å². The summed E-state index contributed by atoms with van der Waals surface area (Å²) in [6.45, 7) is 1.43. The highest BCUT2D eigenvalue weighted by molar-refractivity contribution is 5.97. The Balaban J connectivity index is 2.39. The van der Waals surface area contributed by atoms with Crippen LogP contribution in [0.1, 0.15) is 24.4 Å². The zero-order valence-corrected chi connectivity index (χ0v) is 10.3. The Morgan fingerprint density at radius 2 is 2.32 bits per heavy atom. The van der Waals surface area contributed by atoms with Crippen LogP contribution in [-0.2, 0) is 9.53 Å². The van der Waals surface area contributed by atoms with Crippen molar-refractivity contribution in [3.05, 3.63) is 23.8 Å². The number of ether oxygens (including phenoxy) is 1. The van der Waals surface area contributed by atoms with Crippen molar-refractivity contribution in [3.8, 4) is 6.07 Å². The van der Waals surface area contributed by atoms with E-state index in [9.17, 15) is 4.79 Å². The Morgan fingerprint density at radius 3 is 3.00 bits per heavy atom. The summed E-state index contributed by atoms with van der Waals surface area (Å²) in [5.41, 5.74) is 6.70. The first-order valence-electron chi connectivity index (χ1n) is 5.59. The first-order chi connectivity index (χ1) is 9.13. The fraction of sp³-hybridized carbons (Fsp3) is 0.364. The number of hydrogen-bond acceptors (Lipinski definition) is 7. The third kappa shape index (κ3) is 2.66. The maximum absolute atomic E-state index is 11.5. The van der Waals surface area contributed by atoms with Crippen molar-refractivity contribution in [2.45, 2.75) is 13.0 Å². The van der Waals surface area contributed by atoms with E-state index in [2.05, 4.69) is 15.1 Å². The number of aromatic nitrogens is 2. The lowest BCUT2D eigenvalue weighted by Crippen LogP contribution is -2.37. The van der Waals surface area contributed by atoms with E-state index in [1.807, 2.05) is 6.07 Å². The van der Waals surface area contributed by atoms with Crippen LogP contribution in [0, 0.1) is 11.3 Å². The van der Waals surface area contributed by atoms with E-state index in [-0.39, 0.29) is 31.0 Å². The van der Waals surface area contributed by atoms with Crippen LogP contribution in [0.15, 0.2) is 17.5 Å². The number of nitrogens with two attached hydrogens (primary N) is 1. The molecule has 0 saturated heterocycles. The summed E-state index contributed by atoms with van der Waals surface area (Å²) < 4.78 is 5.23. The number of hydrazone groups is 1. The van der Waals surface area contributed by atoms with Crippen LogP contribution in [0.3, 0.4) is 0 Å². The summed E-state index contributed by atoms with van der Waals surface area (Å²) in [5, 5.41) is 13.6. The lowest BCUT2D eigenvalue weighted by Gasteiger charge is -2.22. The summed E-state index contributed by atoms with van der Waals surface area (Å²) in [6.07, 6.45) is 3.00. The smallest absolute Gasteiger partial charge is 0.281 e. The SMILES string of the molecule is CC(N)c1nccnc1C1=NN(CC#N)C(=O)CO1. The van der Waals surface area contributed by atoms with Crippen molar-refractivity contribution in [3.63, 3.8) is 0 Å². The van der Waals surface area contributed by atoms with Gasteiger partial charge in [0, 0.05) is 18.4 Å². The number of carbonyl (C=O) groups is 1. The van der Waals surface area contributed by atoms with E-state index < -0.39 is 0 Å². The first kappa shape index (κ1) is 12.9. The summed E-state index contributed by atoms with van der Waals surface area (Å²) >= 11 is 0. The van der Waals surface area contributed by atoms with Gasteiger partial charge >= 0.3 is 0 Å². The molecule has 1 amide bonds. The second kappa shape index (κ2) is 5.41. The van der Waals surface area contributed by atoms with Gasteiger partial charge in [0.2, 0.25) is 0 Å². The highest BCUT2D eigenvalue weighted by atomic mass is 16.5. The molecule has 1 aliphatic rings. The zero-order valence-electron chi connectivity index (χ0n) is 10.3. The van der Waals surface area contributed by atoms with Crippen LogP contribution in [0.2, 0.25) is 0 Å². The van der Waals surface area contributed by atoms with Gasteiger partial charge in [-0.05, 0) is 6.92 Å². The topological polar surface area (TPSA) is 117 Å². The molecule has 1 aromatic heterocycles. The average Bonchev–Trinajstić information content (AvgIpc) is 2.41. The van der Waals surface area contributed by atoms with Gasteiger partial charge in [-0.15, -0.1) is 5.10 Å². The fourth-order valence-electron chi connectivity index (χ4n) is 1.55. The quantitative estimate of drug-likeness (QED) is 0.735. The molecule has 0 fully saturated rings. The monoisotopic (exact) mass is 260 g/mol. The summed E-state index contributed by atoms with van der Waals surface area (Å²) in [5.74, 6) is -0.230. The Bertz CT molecular complexity index is 563. The number of amides is 1. The molecule has 2 N–H and O–H groups in total. The van der Waals surface area contributed by atoms with E-state index in [0.717, 1.165) is 5.01 Å². The normalized spacial score (nSPS) is 16.4. The minimum atomic E-state index is -0.378. The number of nitrogens with zero attached hydrogens (tertiary/aromatic N) is 5. The minimum absolute atomic E-state index is 0.139. The fourth-order valence-corrected chi connectivity index (χ4v) is 1.55. The molecule has 8 nitrogen and oxygen atoms in total. The predicted octanol–water partition coefficient (Wildman–Crippen LogP) is -0.460. The average molecular weight is 260 g/mol. The van der Waals surface area contributed by atoms with Gasteiger partial charge in [0.25, 0.3) is 11.8 Å². The zero-order chi connectivity index (χ0) is 13.8. The molecule has 2 heterocycles. The third-order valence-corrected chi connectivity index (χ3v) is 2.41. The van der Waals surface area contributed by atoms with Crippen molar-refractivity contribution in [1.82, 2.24) is 15.0 Å². The van der Waals surface area contributed by atoms with Crippen LogP contribution in [0.5, 0.6) is 0 Å². The summed E-state index contributed by atoms with van der Waals surface area (Å²) in [4.78, 5) is 19.7. The van der Waals surface area contributed by atoms with E-state index in [0.29, 0.717) is 11.4 Å². The molecule has 0 spiro atoms. The Kier molecular flexibility index (Phi) is 3.68. The number of hydrogen-bond donors (Lipinski definition) is 1. The van der Waals surface area contributed by atoms with Gasteiger partial charge in [0.15, 0.2) is 6.61 Å². The van der Waals surface area contributed by atoms with E-state index in [4.69, 9.17) is 15.7 Å². The number of carbonyl (C=O) groups excluding carboxylic acids is 1. The van der Waals surface area contributed by atoms with Crippen molar-refractivity contribution in [2.24, 2.45) is 10.8 Å². The molecule has 8 heteroatoms. The molecule has 0 radical (unpaired) electrons.